The highest BCUT2D eigenvalue weighted by atomic mass is 32.1. The first-order valence-electron chi connectivity index (χ1n) is 7.58. The van der Waals surface area contributed by atoms with Gasteiger partial charge in [-0.05, 0) is 12.5 Å². The van der Waals surface area contributed by atoms with Crippen molar-refractivity contribution in [3.63, 3.8) is 0 Å². The zero-order valence-corrected chi connectivity index (χ0v) is 14.4. The molecule has 0 aliphatic carbocycles. The van der Waals surface area contributed by atoms with Crippen molar-refractivity contribution in [2.45, 2.75) is 26.2 Å². The second-order valence-corrected chi connectivity index (χ2v) is 6.69. The van der Waals surface area contributed by atoms with Crippen LogP contribution in [0.4, 0.5) is 13.2 Å². The molecule has 3 rings (SSSR count). The Morgan fingerprint density at radius 2 is 2.00 bits per heavy atom. The van der Waals surface area contributed by atoms with Gasteiger partial charge in [0.1, 0.15) is 10.6 Å². The number of carbonyl (C=O) groups excluding carboxylic acids is 1. The molecule has 1 aromatic carbocycles. The smallest absolute Gasteiger partial charge is 0.345 e. The van der Waals surface area contributed by atoms with Gasteiger partial charge in [0.05, 0.1) is 24.3 Å². The first-order chi connectivity index (χ1) is 12.3. The van der Waals surface area contributed by atoms with E-state index >= 15 is 0 Å². The Hall–Kier alpha value is -2.75. The number of hydrogen-bond donors (Lipinski definition) is 1. The van der Waals surface area contributed by atoms with Gasteiger partial charge in [0.15, 0.2) is 5.69 Å². The number of amides is 1. The molecule has 1 amide bonds. The lowest BCUT2D eigenvalue weighted by molar-refractivity contribution is -0.141. The molecule has 6 nitrogen and oxygen atoms in total. The molecule has 0 aliphatic heterocycles. The summed E-state index contributed by atoms with van der Waals surface area (Å²) in [6.07, 6.45) is -3.04. The van der Waals surface area contributed by atoms with Crippen LogP contribution in [-0.2, 0) is 19.3 Å². The Kier molecular flexibility index (Phi) is 5.03. The Balaban J connectivity index is 1.64. The lowest BCUT2D eigenvalue weighted by Crippen LogP contribution is -2.25. The van der Waals surface area contributed by atoms with Gasteiger partial charge >= 0.3 is 6.18 Å². The van der Waals surface area contributed by atoms with Gasteiger partial charge in [0.25, 0.3) is 5.91 Å². The molecule has 0 spiro atoms. The quantitative estimate of drug-likeness (QED) is 0.737. The molecule has 0 bridgehead atoms. The fraction of sp³-hybridized carbons (Fsp3) is 0.250. The van der Waals surface area contributed by atoms with E-state index in [0.717, 1.165) is 5.56 Å². The molecule has 0 saturated heterocycles. The molecular weight excluding hydrogens is 367 g/mol. The van der Waals surface area contributed by atoms with Crippen LogP contribution in [0, 0.1) is 6.92 Å². The van der Waals surface area contributed by atoms with E-state index in [1.54, 1.807) is 10.9 Å². The number of alkyl halides is 3. The summed E-state index contributed by atoms with van der Waals surface area (Å²) in [6.45, 7) is 1.90. The molecule has 0 atom stereocenters. The van der Waals surface area contributed by atoms with E-state index in [2.05, 4.69) is 20.6 Å². The van der Waals surface area contributed by atoms with Crippen molar-refractivity contribution in [1.82, 2.24) is 25.3 Å². The molecular formula is C16H14F3N5OS. The summed E-state index contributed by atoms with van der Waals surface area (Å²) in [5, 5.41) is 10.5. The summed E-state index contributed by atoms with van der Waals surface area (Å²) < 4.78 is 40.4. The number of carbonyl (C=O) groups is 1. The van der Waals surface area contributed by atoms with Gasteiger partial charge in [-0.2, -0.15) is 13.2 Å². The summed E-state index contributed by atoms with van der Waals surface area (Å²) in [7, 11) is 0. The molecule has 0 unspecified atom stereocenters. The van der Waals surface area contributed by atoms with Crippen molar-refractivity contribution in [2.75, 3.05) is 0 Å². The van der Waals surface area contributed by atoms with E-state index in [1.807, 2.05) is 30.3 Å². The summed E-state index contributed by atoms with van der Waals surface area (Å²) >= 11 is 0.707. The van der Waals surface area contributed by atoms with Crippen LogP contribution in [0.3, 0.4) is 0 Å². The summed E-state index contributed by atoms with van der Waals surface area (Å²) in [5.74, 6) is -0.833. The highest BCUT2D eigenvalue weighted by molar-refractivity contribution is 7.13. The van der Waals surface area contributed by atoms with Crippen molar-refractivity contribution in [1.29, 1.82) is 0 Å². The normalized spacial score (nSPS) is 11.5. The van der Waals surface area contributed by atoms with Crippen molar-refractivity contribution < 1.29 is 18.0 Å². The van der Waals surface area contributed by atoms with E-state index in [0.29, 0.717) is 23.6 Å². The van der Waals surface area contributed by atoms with Crippen LogP contribution in [0.15, 0.2) is 36.5 Å². The number of benzene rings is 1. The van der Waals surface area contributed by atoms with Gasteiger partial charge in [-0.1, -0.05) is 35.5 Å². The van der Waals surface area contributed by atoms with Gasteiger partial charge < -0.3 is 5.32 Å². The maximum Gasteiger partial charge on any atom is 0.435 e. The first kappa shape index (κ1) is 18.1. The van der Waals surface area contributed by atoms with Crippen LogP contribution in [0.5, 0.6) is 0 Å². The second-order valence-electron chi connectivity index (χ2n) is 5.48. The van der Waals surface area contributed by atoms with Gasteiger partial charge in [0, 0.05) is 0 Å². The van der Waals surface area contributed by atoms with E-state index < -0.39 is 22.7 Å². The molecule has 0 fully saturated rings. The number of nitrogens with one attached hydrogen (secondary N) is 1. The lowest BCUT2D eigenvalue weighted by Gasteiger charge is -2.06. The summed E-state index contributed by atoms with van der Waals surface area (Å²) in [6, 6.07) is 9.59. The lowest BCUT2D eigenvalue weighted by atomic mass is 10.2. The minimum Gasteiger partial charge on any atom is -0.345 e. The van der Waals surface area contributed by atoms with E-state index in [9.17, 15) is 18.0 Å². The molecule has 0 radical (unpaired) electrons. The average molecular weight is 381 g/mol. The Morgan fingerprint density at radius 1 is 1.27 bits per heavy atom. The monoisotopic (exact) mass is 381 g/mol. The van der Waals surface area contributed by atoms with Crippen molar-refractivity contribution >= 4 is 17.2 Å². The van der Waals surface area contributed by atoms with Gasteiger partial charge in [-0.25, -0.2) is 9.67 Å². The van der Waals surface area contributed by atoms with Crippen LogP contribution >= 0.6 is 11.3 Å². The highest BCUT2D eigenvalue weighted by Crippen LogP contribution is 2.34. The van der Waals surface area contributed by atoms with Crippen molar-refractivity contribution in [3.8, 4) is 0 Å². The number of thiazole rings is 1. The predicted octanol–water partition coefficient (Wildman–Crippen LogP) is 3.04. The predicted molar refractivity (Wildman–Crippen MR) is 88.6 cm³/mol. The number of aromatic nitrogens is 4. The maximum atomic E-state index is 12.9. The van der Waals surface area contributed by atoms with Crippen LogP contribution in [-0.4, -0.2) is 25.9 Å². The number of nitrogens with zero attached hydrogens (tertiary/aromatic N) is 4. The van der Waals surface area contributed by atoms with Gasteiger partial charge in [-0.3, -0.25) is 4.79 Å². The fourth-order valence-electron chi connectivity index (χ4n) is 2.29. The molecule has 136 valence electrons. The fourth-order valence-corrected chi connectivity index (χ4v) is 3.15. The zero-order chi connectivity index (χ0) is 18.7. The number of hydrogen-bond acceptors (Lipinski definition) is 5. The number of aryl methyl sites for hydroxylation is 1. The minimum absolute atomic E-state index is 0.0259. The first-order valence-corrected chi connectivity index (χ1v) is 8.40. The third-order valence-corrected chi connectivity index (χ3v) is 4.38. The SMILES string of the molecule is Cc1nc(C(F)(F)F)c(C(=O)NCc2cn(Cc3ccccc3)nn2)s1. The molecule has 0 saturated carbocycles. The summed E-state index contributed by atoms with van der Waals surface area (Å²) in [4.78, 5) is 15.1. The van der Waals surface area contributed by atoms with Crippen LogP contribution < -0.4 is 5.32 Å². The van der Waals surface area contributed by atoms with Gasteiger partial charge in [-0.15, -0.1) is 16.4 Å². The van der Waals surface area contributed by atoms with Crippen molar-refractivity contribution in [3.05, 3.63) is 63.4 Å². The Labute approximate surface area is 150 Å². The Bertz CT molecular complexity index is 904. The van der Waals surface area contributed by atoms with Crippen LogP contribution in [0.2, 0.25) is 0 Å². The van der Waals surface area contributed by atoms with E-state index in [-0.39, 0.29) is 11.6 Å². The standard InChI is InChI=1S/C16H14F3N5OS/c1-10-21-14(16(17,18)19)13(26-10)15(25)20-7-12-9-24(23-22-12)8-11-5-3-2-4-6-11/h2-6,9H,7-8H2,1H3,(H,20,25). The number of rotatable bonds is 5. The molecule has 26 heavy (non-hydrogen) atoms. The van der Waals surface area contributed by atoms with E-state index in [1.165, 1.54) is 6.92 Å². The van der Waals surface area contributed by atoms with Crippen LogP contribution in [0.25, 0.3) is 0 Å². The van der Waals surface area contributed by atoms with Gasteiger partial charge in [0.2, 0.25) is 0 Å². The largest absolute Gasteiger partial charge is 0.435 e. The zero-order valence-electron chi connectivity index (χ0n) is 13.6. The topological polar surface area (TPSA) is 72.7 Å². The van der Waals surface area contributed by atoms with Crippen molar-refractivity contribution in [2.24, 2.45) is 0 Å². The molecule has 2 aromatic heterocycles. The number of halogens is 3. The Morgan fingerprint density at radius 3 is 2.69 bits per heavy atom. The average Bonchev–Trinajstić information content (AvgIpc) is 3.20. The highest BCUT2D eigenvalue weighted by Gasteiger charge is 2.39. The molecule has 3 aromatic rings. The molecule has 0 aliphatic rings. The minimum atomic E-state index is -4.67. The third-order valence-electron chi connectivity index (χ3n) is 3.41. The molecule has 1 N–H and O–H groups in total. The third kappa shape index (κ3) is 4.26. The summed E-state index contributed by atoms with van der Waals surface area (Å²) in [5.41, 5.74) is 0.317. The molecule has 10 heteroatoms. The van der Waals surface area contributed by atoms with E-state index in [4.69, 9.17) is 0 Å². The second kappa shape index (κ2) is 7.24. The van der Waals surface area contributed by atoms with Crippen LogP contribution in [0.1, 0.15) is 31.6 Å². The maximum absolute atomic E-state index is 12.9. The molecule has 2 heterocycles.